The average Bonchev–Trinajstić information content (AvgIpc) is 2.06. The van der Waals surface area contributed by atoms with Gasteiger partial charge < -0.3 is 16.3 Å². The second kappa shape index (κ2) is 7.96. The first-order chi connectivity index (χ1) is 5.70. The van der Waals surface area contributed by atoms with Crippen LogP contribution < -0.4 is 5.73 Å². The van der Waals surface area contributed by atoms with Gasteiger partial charge >= 0.3 is 5.97 Å². The van der Waals surface area contributed by atoms with Crippen LogP contribution in [0.2, 0.25) is 0 Å². The number of hydrogen-bond donors (Lipinski definition) is 2. The van der Waals surface area contributed by atoms with E-state index in [4.69, 9.17) is 10.8 Å². The van der Waals surface area contributed by atoms with Crippen molar-refractivity contribution in [1.29, 1.82) is 0 Å². The third kappa shape index (κ3) is 5.36. The van der Waals surface area contributed by atoms with Gasteiger partial charge in [-0.15, -0.1) is 0 Å². The minimum atomic E-state index is -0.959. The summed E-state index contributed by atoms with van der Waals surface area (Å²) in [7, 11) is 0. The molecule has 0 aromatic heterocycles. The summed E-state index contributed by atoms with van der Waals surface area (Å²) < 4.78 is 0. The molecule has 0 unspecified atom stereocenters. The van der Waals surface area contributed by atoms with Crippen LogP contribution in [-0.2, 0) is 11.2 Å². The number of nitrogens with two attached hydrogens (primary N) is 1. The van der Waals surface area contributed by atoms with Gasteiger partial charge in [0, 0.05) is 29.6 Å². The van der Waals surface area contributed by atoms with E-state index in [1.54, 1.807) is 0 Å². The van der Waals surface area contributed by atoms with Gasteiger partial charge in [0.15, 0.2) is 0 Å². The normalized spacial score (nSPS) is 10.6. The number of carbonyl (C=O) groups is 1. The summed E-state index contributed by atoms with van der Waals surface area (Å²) in [5.74, 6) is -0.959. The minimum absolute atomic E-state index is 0. The van der Waals surface area contributed by atoms with Crippen molar-refractivity contribution in [1.82, 2.24) is 0 Å². The van der Waals surface area contributed by atoms with Crippen LogP contribution >= 0.6 is 0 Å². The summed E-state index contributed by atoms with van der Waals surface area (Å²) in [6, 6.07) is 8.54. The van der Waals surface area contributed by atoms with Gasteiger partial charge in [-0.1, -0.05) is 30.3 Å². The molecule has 14 heavy (non-hydrogen) atoms. The Balaban J connectivity index is 0. The van der Waals surface area contributed by atoms with Crippen molar-refractivity contribution >= 4 is 35.5 Å². The van der Waals surface area contributed by atoms with Crippen molar-refractivity contribution in [3.63, 3.8) is 0 Å². The van der Waals surface area contributed by atoms with Crippen LogP contribution in [0.4, 0.5) is 0 Å². The number of rotatable bonds is 3. The second-order valence-corrected chi connectivity index (χ2v) is 2.63. The van der Waals surface area contributed by atoms with Crippen molar-refractivity contribution in [2.75, 3.05) is 0 Å². The molecule has 0 spiro atoms. The van der Waals surface area contributed by atoms with Crippen molar-refractivity contribution in [3.8, 4) is 0 Å². The first kappa shape index (κ1) is 16.1. The van der Waals surface area contributed by atoms with E-state index in [0.717, 1.165) is 5.56 Å². The Labute approximate surface area is 105 Å². The molecule has 0 fully saturated rings. The van der Waals surface area contributed by atoms with Gasteiger partial charge in [-0.25, -0.2) is 0 Å². The predicted molar refractivity (Wildman–Crippen MR) is 55.1 cm³/mol. The van der Waals surface area contributed by atoms with Crippen LogP contribution in [0.5, 0.6) is 0 Å². The zero-order valence-electron chi connectivity index (χ0n) is 8.10. The summed E-state index contributed by atoms with van der Waals surface area (Å²) in [5, 5.41) is 8.52. The molecule has 0 amide bonds. The molecule has 0 heterocycles. The molecule has 1 aromatic carbocycles. The number of carboxylic acids is 1. The molecule has 5 N–H and O–H groups in total. The van der Waals surface area contributed by atoms with Gasteiger partial charge in [0.05, 0.1) is 0 Å². The Kier molecular flexibility index (Phi) is 9.13. The predicted octanol–water partition coefficient (Wildman–Crippen LogP) is -0.565. The number of carboxylic acid groups (broad SMARTS) is 1. The summed E-state index contributed by atoms with van der Waals surface area (Å²) in [6.07, 6.45) is 0.385. The summed E-state index contributed by atoms with van der Waals surface area (Å²) >= 11 is 0. The Morgan fingerprint density at radius 1 is 1.36 bits per heavy atom. The SMILES string of the molecule is N[C@@H](Cc1ccccc1)C(=O)O.O.[Na]. The fourth-order valence-corrected chi connectivity index (χ4v) is 0.955. The van der Waals surface area contributed by atoms with Crippen LogP contribution in [0, 0.1) is 0 Å². The number of hydrogen-bond acceptors (Lipinski definition) is 2. The van der Waals surface area contributed by atoms with E-state index in [-0.39, 0.29) is 35.0 Å². The van der Waals surface area contributed by atoms with Crippen LogP contribution in [0.25, 0.3) is 0 Å². The van der Waals surface area contributed by atoms with E-state index in [1.807, 2.05) is 30.3 Å². The van der Waals surface area contributed by atoms with Gasteiger partial charge in [-0.3, -0.25) is 4.79 Å². The molecular weight excluding hydrogens is 193 g/mol. The average molecular weight is 206 g/mol. The monoisotopic (exact) mass is 206 g/mol. The third-order valence-electron chi connectivity index (χ3n) is 1.62. The summed E-state index contributed by atoms with van der Waals surface area (Å²) in [6.45, 7) is 0. The van der Waals surface area contributed by atoms with Crippen molar-refractivity contribution in [2.45, 2.75) is 12.5 Å². The first-order valence-corrected chi connectivity index (χ1v) is 3.72. The summed E-state index contributed by atoms with van der Waals surface area (Å²) in [4.78, 5) is 10.4. The molecule has 0 aliphatic heterocycles. The molecule has 1 aromatic rings. The maximum Gasteiger partial charge on any atom is 0.320 e. The fraction of sp³-hybridized carbons (Fsp3) is 0.222. The van der Waals surface area contributed by atoms with Crippen LogP contribution in [0.3, 0.4) is 0 Å². The molecule has 1 radical (unpaired) electrons. The second-order valence-electron chi connectivity index (χ2n) is 2.63. The topological polar surface area (TPSA) is 94.8 Å². The maximum absolute atomic E-state index is 10.4. The van der Waals surface area contributed by atoms with E-state index in [0.29, 0.717) is 6.42 Å². The Morgan fingerprint density at radius 3 is 2.29 bits per heavy atom. The molecule has 1 atom stereocenters. The summed E-state index contributed by atoms with van der Waals surface area (Å²) in [5.41, 5.74) is 6.30. The van der Waals surface area contributed by atoms with Gasteiger partial charge in [0.2, 0.25) is 0 Å². The smallest absolute Gasteiger partial charge is 0.320 e. The van der Waals surface area contributed by atoms with Crippen molar-refractivity contribution in [3.05, 3.63) is 35.9 Å². The van der Waals surface area contributed by atoms with Crippen molar-refractivity contribution in [2.24, 2.45) is 5.73 Å². The first-order valence-electron chi connectivity index (χ1n) is 3.72. The van der Waals surface area contributed by atoms with Crippen molar-refractivity contribution < 1.29 is 15.4 Å². The molecule has 0 aliphatic carbocycles. The van der Waals surface area contributed by atoms with E-state index < -0.39 is 12.0 Å². The Morgan fingerprint density at radius 2 is 1.86 bits per heavy atom. The van der Waals surface area contributed by atoms with Gasteiger partial charge in [-0.2, -0.15) is 0 Å². The standard InChI is InChI=1S/C9H11NO2.Na.H2O/c10-8(9(11)12)6-7-4-2-1-3-5-7;;/h1-5,8H,6,10H2,(H,11,12);;1H2/t8-;;/m0../s1. The molecule has 5 heteroatoms. The molecule has 0 saturated carbocycles. The zero-order valence-corrected chi connectivity index (χ0v) is 10.1. The number of benzene rings is 1. The van der Waals surface area contributed by atoms with E-state index >= 15 is 0 Å². The maximum atomic E-state index is 10.4. The molecule has 0 saturated heterocycles. The largest absolute Gasteiger partial charge is 0.480 e. The van der Waals surface area contributed by atoms with Crippen LogP contribution in [0.1, 0.15) is 5.56 Å². The van der Waals surface area contributed by atoms with E-state index in [1.165, 1.54) is 0 Å². The number of aliphatic carboxylic acids is 1. The van der Waals surface area contributed by atoms with Gasteiger partial charge in [-0.05, 0) is 12.0 Å². The quantitative estimate of drug-likeness (QED) is 0.648. The Bertz CT molecular complexity index is 266. The van der Waals surface area contributed by atoms with Crippen LogP contribution in [0.15, 0.2) is 30.3 Å². The molecule has 0 aliphatic rings. The van der Waals surface area contributed by atoms with Gasteiger partial charge in [0.25, 0.3) is 0 Å². The van der Waals surface area contributed by atoms with Gasteiger partial charge in [0.1, 0.15) is 6.04 Å². The third-order valence-corrected chi connectivity index (χ3v) is 1.62. The molecule has 4 nitrogen and oxygen atoms in total. The molecular formula is C9H13NNaO3. The molecule has 73 valence electrons. The van der Waals surface area contributed by atoms with E-state index in [2.05, 4.69) is 0 Å². The van der Waals surface area contributed by atoms with Crippen LogP contribution in [-0.4, -0.2) is 52.2 Å². The molecule has 1 rings (SSSR count). The zero-order chi connectivity index (χ0) is 8.97. The Hall–Kier alpha value is -0.390. The molecule has 0 bridgehead atoms. The fourth-order valence-electron chi connectivity index (χ4n) is 0.955. The van der Waals surface area contributed by atoms with E-state index in [9.17, 15) is 4.79 Å². The minimum Gasteiger partial charge on any atom is -0.480 e.